The van der Waals surface area contributed by atoms with E-state index in [1.165, 1.54) is 58.7 Å². The molecule has 1 rings (SSSR count). The van der Waals surface area contributed by atoms with Crippen molar-refractivity contribution >= 4 is 0 Å². The van der Waals surface area contributed by atoms with Crippen LogP contribution in [0.25, 0.3) is 0 Å². The Morgan fingerprint density at radius 2 is 1.60 bits per heavy atom. The SMILES string of the molecule is COCCNCCCCN1CCN(CCN(C)C)CC1. The molecule has 1 aliphatic rings. The first-order valence-electron chi connectivity index (χ1n) is 8.01. The molecule has 20 heavy (non-hydrogen) atoms. The van der Waals surface area contributed by atoms with Gasteiger partial charge in [0.1, 0.15) is 0 Å². The molecular formula is C15H34N4O. The van der Waals surface area contributed by atoms with E-state index in [2.05, 4.69) is 34.1 Å². The molecule has 0 amide bonds. The van der Waals surface area contributed by atoms with Crippen LogP contribution in [-0.2, 0) is 4.74 Å². The third-order valence-corrected chi connectivity index (χ3v) is 3.89. The predicted molar refractivity (Wildman–Crippen MR) is 85.4 cm³/mol. The number of unbranched alkanes of at least 4 members (excludes halogenated alkanes) is 1. The maximum atomic E-state index is 5.01. The van der Waals surface area contributed by atoms with Gasteiger partial charge in [-0.1, -0.05) is 0 Å². The molecule has 0 atom stereocenters. The Balaban J connectivity index is 1.92. The van der Waals surface area contributed by atoms with Gasteiger partial charge in [0.15, 0.2) is 0 Å². The molecule has 0 aromatic rings. The second-order valence-corrected chi connectivity index (χ2v) is 5.94. The lowest BCUT2D eigenvalue weighted by Crippen LogP contribution is -2.48. The van der Waals surface area contributed by atoms with Gasteiger partial charge in [0.2, 0.25) is 0 Å². The van der Waals surface area contributed by atoms with Crippen LogP contribution < -0.4 is 5.32 Å². The first-order chi connectivity index (χ1) is 9.72. The van der Waals surface area contributed by atoms with Gasteiger partial charge >= 0.3 is 0 Å². The van der Waals surface area contributed by atoms with Gasteiger partial charge in [0.25, 0.3) is 0 Å². The van der Waals surface area contributed by atoms with Crippen LogP contribution in [0.5, 0.6) is 0 Å². The molecule has 1 fully saturated rings. The summed E-state index contributed by atoms with van der Waals surface area (Å²) in [4.78, 5) is 7.47. The second-order valence-electron chi connectivity index (χ2n) is 5.94. The van der Waals surface area contributed by atoms with Gasteiger partial charge in [-0.15, -0.1) is 0 Å². The number of methoxy groups -OCH3 is 1. The highest BCUT2D eigenvalue weighted by atomic mass is 16.5. The summed E-state index contributed by atoms with van der Waals surface area (Å²) in [7, 11) is 6.05. The van der Waals surface area contributed by atoms with Gasteiger partial charge in [-0.2, -0.15) is 0 Å². The Bertz CT molecular complexity index is 218. The molecule has 120 valence electrons. The van der Waals surface area contributed by atoms with E-state index in [4.69, 9.17) is 4.74 Å². The highest BCUT2D eigenvalue weighted by molar-refractivity contribution is 4.72. The van der Waals surface area contributed by atoms with Crippen LogP contribution >= 0.6 is 0 Å². The summed E-state index contributed by atoms with van der Waals surface area (Å²) in [6.07, 6.45) is 2.57. The van der Waals surface area contributed by atoms with Crippen LogP contribution in [-0.4, -0.2) is 101 Å². The number of piperazine rings is 1. The van der Waals surface area contributed by atoms with Crippen molar-refractivity contribution < 1.29 is 4.74 Å². The fraction of sp³-hybridized carbons (Fsp3) is 1.00. The van der Waals surface area contributed by atoms with Crippen molar-refractivity contribution in [3.8, 4) is 0 Å². The molecule has 0 spiro atoms. The fourth-order valence-electron chi connectivity index (χ4n) is 2.46. The zero-order valence-corrected chi connectivity index (χ0v) is 13.7. The predicted octanol–water partition coefficient (Wildman–Crippen LogP) is 0.182. The number of hydrogen-bond donors (Lipinski definition) is 1. The average molecular weight is 286 g/mol. The highest BCUT2D eigenvalue weighted by Crippen LogP contribution is 2.03. The zero-order valence-electron chi connectivity index (χ0n) is 13.7. The molecule has 0 aromatic heterocycles. The normalized spacial score (nSPS) is 18.0. The van der Waals surface area contributed by atoms with Gasteiger partial charge < -0.3 is 19.9 Å². The third kappa shape index (κ3) is 8.87. The van der Waals surface area contributed by atoms with Gasteiger partial charge in [0, 0.05) is 52.9 Å². The van der Waals surface area contributed by atoms with E-state index in [9.17, 15) is 0 Å². The Morgan fingerprint density at radius 3 is 2.20 bits per heavy atom. The Kier molecular flexibility index (Phi) is 10.2. The van der Waals surface area contributed by atoms with Crippen molar-refractivity contribution in [2.24, 2.45) is 0 Å². The number of ether oxygens (including phenoxy) is 1. The van der Waals surface area contributed by atoms with E-state index in [1.54, 1.807) is 7.11 Å². The van der Waals surface area contributed by atoms with Crippen molar-refractivity contribution in [1.82, 2.24) is 20.0 Å². The third-order valence-electron chi connectivity index (χ3n) is 3.89. The molecule has 5 nitrogen and oxygen atoms in total. The number of nitrogens with zero attached hydrogens (tertiary/aromatic N) is 3. The average Bonchev–Trinajstić information content (AvgIpc) is 2.45. The van der Waals surface area contributed by atoms with Crippen molar-refractivity contribution in [3.05, 3.63) is 0 Å². The topological polar surface area (TPSA) is 31.0 Å². The Morgan fingerprint density at radius 1 is 0.950 bits per heavy atom. The van der Waals surface area contributed by atoms with E-state index in [-0.39, 0.29) is 0 Å². The zero-order chi connectivity index (χ0) is 14.6. The van der Waals surface area contributed by atoms with E-state index in [0.717, 1.165) is 19.7 Å². The minimum atomic E-state index is 0.814. The molecule has 0 aliphatic carbocycles. The van der Waals surface area contributed by atoms with Crippen LogP contribution in [0.3, 0.4) is 0 Å². The largest absolute Gasteiger partial charge is 0.383 e. The molecule has 1 heterocycles. The monoisotopic (exact) mass is 286 g/mol. The molecule has 1 saturated heterocycles. The summed E-state index contributed by atoms with van der Waals surface area (Å²) < 4.78 is 5.01. The van der Waals surface area contributed by atoms with E-state index < -0.39 is 0 Å². The van der Waals surface area contributed by atoms with Crippen LogP contribution in [0.2, 0.25) is 0 Å². The quantitative estimate of drug-likeness (QED) is 0.548. The van der Waals surface area contributed by atoms with Crippen LogP contribution in [0.4, 0.5) is 0 Å². The Labute approximate surface area is 125 Å². The smallest absolute Gasteiger partial charge is 0.0587 e. The van der Waals surface area contributed by atoms with Gasteiger partial charge in [-0.3, -0.25) is 4.90 Å². The molecule has 1 aliphatic heterocycles. The standard InChI is InChI=1S/C15H34N4O/c1-17(2)9-10-19-13-11-18(12-14-19)8-5-4-6-16-7-15-20-3/h16H,4-15H2,1-3H3. The molecule has 0 aromatic carbocycles. The maximum absolute atomic E-state index is 5.01. The van der Waals surface area contributed by atoms with Crippen molar-refractivity contribution in [2.75, 3.05) is 86.7 Å². The number of rotatable bonds is 11. The number of hydrogen-bond acceptors (Lipinski definition) is 5. The summed E-state index contributed by atoms with van der Waals surface area (Å²) in [5.74, 6) is 0. The van der Waals surface area contributed by atoms with Crippen LogP contribution in [0.1, 0.15) is 12.8 Å². The molecule has 0 radical (unpaired) electrons. The first-order valence-corrected chi connectivity index (χ1v) is 8.01. The minimum absolute atomic E-state index is 0.814. The maximum Gasteiger partial charge on any atom is 0.0587 e. The molecule has 0 bridgehead atoms. The molecule has 0 saturated carbocycles. The van der Waals surface area contributed by atoms with Crippen molar-refractivity contribution in [3.63, 3.8) is 0 Å². The first kappa shape index (κ1) is 17.9. The van der Waals surface area contributed by atoms with Gasteiger partial charge in [-0.05, 0) is 40.0 Å². The highest BCUT2D eigenvalue weighted by Gasteiger charge is 2.15. The van der Waals surface area contributed by atoms with E-state index in [1.807, 2.05) is 0 Å². The minimum Gasteiger partial charge on any atom is -0.383 e. The summed E-state index contributed by atoms with van der Waals surface area (Å²) >= 11 is 0. The lowest BCUT2D eigenvalue weighted by Gasteiger charge is -2.35. The number of nitrogens with one attached hydrogen (secondary N) is 1. The van der Waals surface area contributed by atoms with Crippen LogP contribution in [0, 0.1) is 0 Å². The van der Waals surface area contributed by atoms with E-state index >= 15 is 0 Å². The lowest BCUT2D eigenvalue weighted by molar-refractivity contribution is 0.124. The molecule has 1 N–H and O–H groups in total. The molecule has 5 heteroatoms. The Hall–Kier alpha value is -0.200. The van der Waals surface area contributed by atoms with Gasteiger partial charge in [-0.25, -0.2) is 0 Å². The van der Waals surface area contributed by atoms with Crippen molar-refractivity contribution in [2.45, 2.75) is 12.8 Å². The number of likely N-dealkylation sites (N-methyl/N-ethyl adjacent to an activating group) is 1. The summed E-state index contributed by atoms with van der Waals surface area (Å²) in [5.41, 5.74) is 0. The van der Waals surface area contributed by atoms with Crippen molar-refractivity contribution in [1.29, 1.82) is 0 Å². The van der Waals surface area contributed by atoms with Gasteiger partial charge in [0.05, 0.1) is 6.61 Å². The fourth-order valence-corrected chi connectivity index (χ4v) is 2.46. The summed E-state index contributed by atoms with van der Waals surface area (Å²) in [6.45, 7) is 11.5. The summed E-state index contributed by atoms with van der Waals surface area (Å²) in [5, 5.41) is 3.40. The second kappa shape index (κ2) is 11.5. The lowest BCUT2D eigenvalue weighted by atomic mass is 10.2. The molecule has 0 unspecified atom stereocenters. The summed E-state index contributed by atoms with van der Waals surface area (Å²) in [6, 6.07) is 0. The van der Waals surface area contributed by atoms with Crippen LogP contribution in [0.15, 0.2) is 0 Å². The molecular weight excluding hydrogens is 252 g/mol. The van der Waals surface area contributed by atoms with E-state index in [0.29, 0.717) is 0 Å².